The van der Waals surface area contributed by atoms with E-state index in [4.69, 9.17) is 10.5 Å². The number of halogens is 1. The first-order valence-corrected chi connectivity index (χ1v) is 8.84. The Bertz CT molecular complexity index is 493. The Kier molecular flexibility index (Phi) is 9.34. The van der Waals surface area contributed by atoms with E-state index in [1.165, 1.54) is 5.56 Å². The number of amides is 1. The first-order chi connectivity index (χ1) is 11.2. The maximum absolute atomic E-state index is 12.7. The van der Waals surface area contributed by atoms with E-state index in [2.05, 4.69) is 43.4 Å². The lowest BCUT2D eigenvalue weighted by Crippen LogP contribution is -2.45. The molecule has 0 bridgehead atoms. The summed E-state index contributed by atoms with van der Waals surface area (Å²) in [7, 11) is 0. The van der Waals surface area contributed by atoms with Crippen molar-refractivity contribution in [2.24, 2.45) is 11.7 Å². The van der Waals surface area contributed by atoms with E-state index >= 15 is 0 Å². The van der Waals surface area contributed by atoms with Crippen LogP contribution in [-0.4, -0.2) is 25.1 Å². The second-order valence-corrected chi connectivity index (χ2v) is 6.53. The molecule has 24 heavy (non-hydrogen) atoms. The molecule has 3 N–H and O–H groups in total. The van der Waals surface area contributed by atoms with Crippen molar-refractivity contribution in [1.29, 1.82) is 0 Å². The normalized spacial score (nSPS) is 21.6. The molecule has 1 heterocycles. The van der Waals surface area contributed by atoms with Gasteiger partial charge < -0.3 is 15.8 Å². The number of hydrogen-bond donors (Lipinski definition) is 2. The molecule has 1 aliphatic heterocycles. The van der Waals surface area contributed by atoms with Crippen LogP contribution in [0, 0.1) is 12.8 Å². The quantitative estimate of drug-likeness (QED) is 0.787. The van der Waals surface area contributed by atoms with Gasteiger partial charge in [-0.2, -0.15) is 0 Å². The molecule has 1 fully saturated rings. The molecule has 0 saturated carbocycles. The first-order valence-electron chi connectivity index (χ1n) is 8.84. The van der Waals surface area contributed by atoms with E-state index in [1.807, 2.05) is 0 Å². The van der Waals surface area contributed by atoms with E-state index in [1.54, 1.807) is 0 Å². The zero-order chi connectivity index (χ0) is 16.7. The van der Waals surface area contributed by atoms with E-state index in [0.29, 0.717) is 6.54 Å². The maximum Gasteiger partial charge on any atom is 0.226 e. The van der Waals surface area contributed by atoms with Gasteiger partial charge in [-0.05, 0) is 31.7 Å². The van der Waals surface area contributed by atoms with Crippen molar-refractivity contribution < 1.29 is 9.53 Å². The van der Waals surface area contributed by atoms with Gasteiger partial charge in [-0.25, -0.2) is 0 Å². The molecule has 0 spiro atoms. The second kappa shape index (κ2) is 10.7. The summed E-state index contributed by atoms with van der Waals surface area (Å²) in [6, 6.07) is 8.37. The third-order valence-corrected chi connectivity index (χ3v) is 4.60. The lowest BCUT2D eigenvalue weighted by molar-refractivity contribution is -0.135. The number of ether oxygens (including phenoxy) is 1. The number of nitrogens with two attached hydrogens (primary N) is 1. The third kappa shape index (κ3) is 5.76. The summed E-state index contributed by atoms with van der Waals surface area (Å²) in [6.07, 6.45) is 4.81. The van der Waals surface area contributed by atoms with Crippen molar-refractivity contribution in [3.05, 3.63) is 35.4 Å². The minimum atomic E-state index is -0.144. The topological polar surface area (TPSA) is 64.3 Å². The molecule has 3 atom stereocenters. The molecule has 4 nitrogen and oxygen atoms in total. The molecule has 2 rings (SSSR count). The van der Waals surface area contributed by atoms with Crippen molar-refractivity contribution in [1.82, 2.24) is 5.32 Å². The number of carbonyl (C=O) groups excluding carboxylic acids is 1. The molecular weight excluding hydrogens is 324 g/mol. The van der Waals surface area contributed by atoms with Gasteiger partial charge in [0.15, 0.2) is 0 Å². The molecule has 1 aliphatic rings. The number of unbranched alkanes of at least 4 members (excludes halogenated alkanes) is 1. The number of carbonyl (C=O) groups is 1. The minimum Gasteiger partial charge on any atom is -0.373 e. The van der Waals surface area contributed by atoms with Gasteiger partial charge in [0.25, 0.3) is 0 Å². The van der Waals surface area contributed by atoms with Gasteiger partial charge in [-0.3, -0.25) is 4.79 Å². The zero-order valence-corrected chi connectivity index (χ0v) is 15.6. The van der Waals surface area contributed by atoms with Crippen LogP contribution in [0.3, 0.4) is 0 Å². The van der Waals surface area contributed by atoms with E-state index < -0.39 is 0 Å². The summed E-state index contributed by atoms with van der Waals surface area (Å²) in [4.78, 5) is 12.7. The highest BCUT2D eigenvalue weighted by Crippen LogP contribution is 2.34. The molecular formula is C19H31ClN2O2. The van der Waals surface area contributed by atoms with Crippen molar-refractivity contribution in [3.63, 3.8) is 0 Å². The monoisotopic (exact) mass is 354 g/mol. The van der Waals surface area contributed by atoms with Gasteiger partial charge in [0.2, 0.25) is 5.91 Å². The Balaban J connectivity index is 0.00000288. The number of benzene rings is 1. The molecule has 1 aromatic rings. The second-order valence-electron chi connectivity index (χ2n) is 6.53. The Morgan fingerprint density at radius 2 is 2.08 bits per heavy atom. The zero-order valence-electron chi connectivity index (χ0n) is 14.8. The average Bonchev–Trinajstić information content (AvgIpc) is 2.59. The SMILES string of the molecule is CCCCC(CN)NC(=O)C1CCCOC1c1ccc(C)cc1.Cl. The summed E-state index contributed by atoms with van der Waals surface area (Å²) in [5.74, 6) is -0.0380. The number of rotatable bonds is 7. The van der Waals surface area contributed by atoms with Crippen molar-refractivity contribution in [2.45, 2.75) is 58.1 Å². The molecule has 3 unspecified atom stereocenters. The van der Waals surface area contributed by atoms with Crippen LogP contribution in [-0.2, 0) is 9.53 Å². The molecule has 1 saturated heterocycles. The minimum absolute atomic E-state index is 0. The Morgan fingerprint density at radius 1 is 1.38 bits per heavy atom. The standard InChI is InChI=1S/C19H30N2O2.ClH/c1-3-4-6-16(13-20)21-19(22)17-7-5-12-23-18(17)15-10-8-14(2)9-11-15;/h8-11,16-18H,3-7,12-13,20H2,1-2H3,(H,21,22);1H. The fraction of sp³-hybridized carbons (Fsp3) is 0.632. The van der Waals surface area contributed by atoms with Crippen LogP contribution >= 0.6 is 12.4 Å². The largest absolute Gasteiger partial charge is 0.373 e. The molecule has 0 aliphatic carbocycles. The van der Waals surface area contributed by atoms with Gasteiger partial charge in [-0.1, -0.05) is 49.6 Å². The molecule has 1 aromatic carbocycles. The first kappa shape index (κ1) is 20.9. The van der Waals surface area contributed by atoms with Crippen LogP contribution in [0.5, 0.6) is 0 Å². The van der Waals surface area contributed by atoms with Crippen molar-refractivity contribution >= 4 is 18.3 Å². The predicted molar refractivity (Wildman–Crippen MR) is 100 cm³/mol. The Labute approximate surface area is 151 Å². The van der Waals surface area contributed by atoms with Gasteiger partial charge >= 0.3 is 0 Å². The van der Waals surface area contributed by atoms with Crippen LogP contribution in [0.1, 0.15) is 56.3 Å². The number of aryl methyl sites for hydroxylation is 1. The smallest absolute Gasteiger partial charge is 0.226 e. The fourth-order valence-corrected chi connectivity index (χ4v) is 3.14. The summed E-state index contributed by atoms with van der Waals surface area (Å²) < 4.78 is 5.94. The summed E-state index contributed by atoms with van der Waals surface area (Å²) in [6.45, 7) is 5.43. The highest BCUT2D eigenvalue weighted by atomic mass is 35.5. The lowest BCUT2D eigenvalue weighted by Gasteiger charge is -2.32. The van der Waals surface area contributed by atoms with Crippen LogP contribution in [0.4, 0.5) is 0 Å². The van der Waals surface area contributed by atoms with E-state index in [-0.39, 0.29) is 36.4 Å². The number of nitrogens with one attached hydrogen (secondary N) is 1. The van der Waals surface area contributed by atoms with E-state index in [9.17, 15) is 4.79 Å². The average molecular weight is 355 g/mol. The molecule has 1 amide bonds. The van der Waals surface area contributed by atoms with Gasteiger partial charge in [0.05, 0.1) is 12.0 Å². The highest BCUT2D eigenvalue weighted by molar-refractivity contribution is 5.85. The lowest BCUT2D eigenvalue weighted by atomic mass is 9.88. The van der Waals surface area contributed by atoms with Crippen LogP contribution < -0.4 is 11.1 Å². The number of hydrogen-bond acceptors (Lipinski definition) is 3. The van der Waals surface area contributed by atoms with Crippen molar-refractivity contribution in [2.75, 3.05) is 13.2 Å². The summed E-state index contributed by atoms with van der Waals surface area (Å²) >= 11 is 0. The van der Waals surface area contributed by atoms with Crippen LogP contribution in [0.25, 0.3) is 0 Å². The van der Waals surface area contributed by atoms with Crippen LogP contribution in [0.2, 0.25) is 0 Å². The van der Waals surface area contributed by atoms with Crippen LogP contribution in [0.15, 0.2) is 24.3 Å². The molecule has 136 valence electrons. The summed E-state index contributed by atoms with van der Waals surface area (Å²) in [5, 5.41) is 3.14. The predicted octanol–water partition coefficient (Wildman–Crippen LogP) is 3.52. The molecule has 0 radical (unpaired) electrons. The molecule has 0 aromatic heterocycles. The van der Waals surface area contributed by atoms with Gasteiger partial charge in [-0.15, -0.1) is 12.4 Å². The third-order valence-electron chi connectivity index (χ3n) is 4.60. The maximum atomic E-state index is 12.7. The fourth-order valence-electron chi connectivity index (χ4n) is 3.14. The highest BCUT2D eigenvalue weighted by Gasteiger charge is 2.33. The summed E-state index contributed by atoms with van der Waals surface area (Å²) in [5.41, 5.74) is 8.11. The Morgan fingerprint density at radius 3 is 2.71 bits per heavy atom. The van der Waals surface area contributed by atoms with Gasteiger partial charge in [0.1, 0.15) is 0 Å². The van der Waals surface area contributed by atoms with E-state index in [0.717, 1.165) is 44.3 Å². The van der Waals surface area contributed by atoms with Gasteiger partial charge in [0, 0.05) is 19.2 Å². The van der Waals surface area contributed by atoms with Crippen molar-refractivity contribution in [3.8, 4) is 0 Å². The Hall–Kier alpha value is -1.10. The molecule has 5 heteroatoms.